The van der Waals surface area contributed by atoms with Gasteiger partial charge in [0.1, 0.15) is 5.60 Å². The lowest BCUT2D eigenvalue weighted by molar-refractivity contribution is -0.179. The molecular formula is C12H22O4. The van der Waals surface area contributed by atoms with E-state index in [4.69, 9.17) is 9.47 Å². The van der Waals surface area contributed by atoms with Gasteiger partial charge in [0.15, 0.2) is 5.41 Å². The molecule has 0 unspecified atom stereocenters. The van der Waals surface area contributed by atoms with Gasteiger partial charge in [-0.15, -0.1) is 0 Å². The number of hydrogen-bond donors (Lipinski definition) is 0. The molecule has 0 aromatic rings. The van der Waals surface area contributed by atoms with Crippen LogP contribution in [-0.4, -0.2) is 24.6 Å². The van der Waals surface area contributed by atoms with Crippen LogP contribution in [0.4, 0.5) is 0 Å². The third kappa shape index (κ3) is 3.22. The van der Waals surface area contributed by atoms with Crippen molar-refractivity contribution in [3.63, 3.8) is 0 Å². The standard InChI is InChI=1S/C12H22O4/c1-7-12(8-2,9(13)15-6)10(14)16-11(3,4)5/h7-8H2,1-6H3. The van der Waals surface area contributed by atoms with Crippen LogP contribution in [0.15, 0.2) is 0 Å². The van der Waals surface area contributed by atoms with E-state index in [1.54, 1.807) is 34.6 Å². The van der Waals surface area contributed by atoms with Gasteiger partial charge in [-0.1, -0.05) is 13.8 Å². The normalized spacial score (nSPS) is 12.1. The van der Waals surface area contributed by atoms with E-state index in [1.807, 2.05) is 0 Å². The number of carbonyl (C=O) groups excluding carboxylic acids is 2. The summed E-state index contributed by atoms with van der Waals surface area (Å²) >= 11 is 0. The van der Waals surface area contributed by atoms with Gasteiger partial charge in [0, 0.05) is 0 Å². The molecule has 0 saturated heterocycles. The number of hydrogen-bond acceptors (Lipinski definition) is 4. The molecule has 0 aromatic carbocycles. The number of rotatable bonds is 4. The molecule has 0 atom stereocenters. The zero-order valence-corrected chi connectivity index (χ0v) is 11.0. The molecule has 0 aromatic heterocycles. The van der Waals surface area contributed by atoms with Crippen LogP contribution in [0.3, 0.4) is 0 Å². The third-order valence-electron chi connectivity index (χ3n) is 2.57. The monoisotopic (exact) mass is 230 g/mol. The van der Waals surface area contributed by atoms with Crippen molar-refractivity contribution in [2.75, 3.05) is 7.11 Å². The van der Waals surface area contributed by atoms with Crippen molar-refractivity contribution in [2.45, 2.75) is 53.1 Å². The van der Waals surface area contributed by atoms with Gasteiger partial charge < -0.3 is 9.47 Å². The lowest BCUT2D eigenvalue weighted by Crippen LogP contribution is -2.43. The summed E-state index contributed by atoms with van der Waals surface area (Å²) in [4.78, 5) is 23.7. The zero-order valence-electron chi connectivity index (χ0n) is 11.0. The second kappa shape index (κ2) is 5.32. The molecule has 0 heterocycles. The van der Waals surface area contributed by atoms with Gasteiger partial charge in [-0.05, 0) is 33.6 Å². The van der Waals surface area contributed by atoms with Crippen LogP contribution >= 0.6 is 0 Å². The van der Waals surface area contributed by atoms with Crippen molar-refractivity contribution in [1.82, 2.24) is 0 Å². The summed E-state index contributed by atoms with van der Waals surface area (Å²) in [7, 11) is 1.28. The first-order valence-corrected chi connectivity index (χ1v) is 5.55. The van der Waals surface area contributed by atoms with Crippen LogP contribution in [0.5, 0.6) is 0 Å². The van der Waals surface area contributed by atoms with Gasteiger partial charge in [-0.2, -0.15) is 0 Å². The second-order valence-corrected chi connectivity index (χ2v) is 4.78. The van der Waals surface area contributed by atoms with E-state index in [-0.39, 0.29) is 0 Å². The molecule has 0 fully saturated rings. The largest absolute Gasteiger partial charge is 0.468 e. The fraction of sp³-hybridized carbons (Fsp3) is 0.833. The highest BCUT2D eigenvalue weighted by atomic mass is 16.6. The van der Waals surface area contributed by atoms with Gasteiger partial charge in [0.05, 0.1) is 7.11 Å². The first-order chi connectivity index (χ1) is 7.23. The Labute approximate surface area is 97.3 Å². The predicted octanol–water partition coefficient (Wildman–Crippen LogP) is 2.31. The Bertz CT molecular complexity index is 259. The van der Waals surface area contributed by atoms with E-state index >= 15 is 0 Å². The average Bonchev–Trinajstić information content (AvgIpc) is 2.17. The van der Waals surface area contributed by atoms with Crippen LogP contribution in [0, 0.1) is 5.41 Å². The fourth-order valence-electron chi connectivity index (χ4n) is 1.48. The van der Waals surface area contributed by atoms with Crippen LogP contribution < -0.4 is 0 Å². The molecule has 0 bridgehead atoms. The van der Waals surface area contributed by atoms with Crippen molar-refractivity contribution in [3.8, 4) is 0 Å². The Morgan fingerprint density at radius 1 is 1.00 bits per heavy atom. The molecule has 0 saturated carbocycles. The van der Waals surface area contributed by atoms with Crippen LogP contribution in [-0.2, 0) is 19.1 Å². The van der Waals surface area contributed by atoms with Crippen molar-refractivity contribution >= 4 is 11.9 Å². The molecule has 0 aliphatic heterocycles. The second-order valence-electron chi connectivity index (χ2n) is 4.78. The molecule has 0 aliphatic rings. The summed E-state index contributed by atoms with van der Waals surface area (Å²) in [6, 6.07) is 0. The molecule has 4 heteroatoms. The smallest absolute Gasteiger partial charge is 0.323 e. The quantitative estimate of drug-likeness (QED) is 0.549. The van der Waals surface area contributed by atoms with Crippen LogP contribution in [0.1, 0.15) is 47.5 Å². The van der Waals surface area contributed by atoms with E-state index in [0.29, 0.717) is 12.8 Å². The number of carbonyl (C=O) groups is 2. The summed E-state index contributed by atoms with van der Waals surface area (Å²) < 4.78 is 9.96. The summed E-state index contributed by atoms with van der Waals surface area (Å²) in [6.45, 7) is 8.89. The summed E-state index contributed by atoms with van der Waals surface area (Å²) in [5.41, 5.74) is -1.76. The Morgan fingerprint density at radius 2 is 1.44 bits per heavy atom. The van der Waals surface area contributed by atoms with Gasteiger partial charge >= 0.3 is 11.9 Å². The molecule has 94 valence electrons. The van der Waals surface area contributed by atoms with Crippen molar-refractivity contribution in [3.05, 3.63) is 0 Å². The third-order valence-corrected chi connectivity index (χ3v) is 2.57. The maximum Gasteiger partial charge on any atom is 0.323 e. The van der Waals surface area contributed by atoms with Crippen molar-refractivity contribution < 1.29 is 19.1 Å². The summed E-state index contributed by atoms with van der Waals surface area (Å²) in [6.07, 6.45) is 0.760. The minimum absolute atomic E-state index is 0.380. The maximum absolute atomic E-state index is 12.0. The Balaban J connectivity index is 5.05. The van der Waals surface area contributed by atoms with E-state index in [1.165, 1.54) is 7.11 Å². The van der Waals surface area contributed by atoms with E-state index in [9.17, 15) is 9.59 Å². The van der Waals surface area contributed by atoms with Crippen molar-refractivity contribution in [2.24, 2.45) is 5.41 Å². The Kier molecular flexibility index (Phi) is 4.97. The highest BCUT2D eigenvalue weighted by molar-refractivity contribution is 6.00. The van der Waals surface area contributed by atoms with E-state index < -0.39 is 23.0 Å². The Morgan fingerprint density at radius 3 is 1.69 bits per heavy atom. The average molecular weight is 230 g/mol. The van der Waals surface area contributed by atoms with Gasteiger partial charge in [0.2, 0.25) is 0 Å². The SMILES string of the molecule is CCC(CC)(C(=O)OC)C(=O)OC(C)(C)C. The highest BCUT2D eigenvalue weighted by Gasteiger charge is 2.46. The molecular weight excluding hydrogens is 208 g/mol. The predicted molar refractivity (Wildman–Crippen MR) is 60.9 cm³/mol. The number of esters is 2. The Hall–Kier alpha value is -1.06. The van der Waals surface area contributed by atoms with Crippen molar-refractivity contribution in [1.29, 1.82) is 0 Å². The molecule has 0 N–H and O–H groups in total. The molecule has 4 nitrogen and oxygen atoms in total. The number of ether oxygens (including phenoxy) is 2. The highest BCUT2D eigenvalue weighted by Crippen LogP contribution is 2.31. The topological polar surface area (TPSA) is 52.6 Å². The van der Waals surface area contributed by atoms with Gasteiger partial charge in [-0.3, -0.25) is 9.59 Å². The first-order valence-electron chi connectivity index (χ1n) is 5.55. The van der Waals surface area contributed by atoms with Crippen LogP contribution in [0.25, 0.3) is 0 Å². The molecule has 0 amide bonds. The molecule has 0 spiro atoms. The van der Waals surface area contributed by atoms with Gasteiger partial charge in [-0.25, -0.2) is 0 Å². The lowest BCUT2D eigenvalue weighted by Gasteiger charge is -2.30. The van der Waals surface area contributed by atoms with Crippen LogP contribution in [0.2, 0.25) is 0 Å². The number of methoxy groups -OCH3 is 1. The summed E-state index contributed by atoms with van der Waals surface area (Å²) in [5, 5.41) is 0. The first kappa shape index (κ1) is 14.9. The minimum Gasteiger partial charge on any atom is -0.468 e. The van der Waals surface area contributed by atoms with E-state index in [0.717, 1.165) is 0 Å². The molecule has 0 radical (unpaired) electrons. The van der Waals surface area contributed by atoms with Gasteiger partial charge in [0.25, 0.3) is 0 Å². The minimum atomic E-state index is -1.16. The summed E-state index contributed by atoms with van der Waals surface area (Å²) in [5.74, 6) is -1.02. The molecule has 16 heavy (non-hydrogen) atoms. The fourth-order valence-corrected chi connectivity index (χ4v) is 1.48. The van der Waals surface area contributed by atoms with E-state index in [2.05, 4.69) is 0 Å². The molecule has 0 rings (SSSR count). The zero-order chi connectivity index (χ0) is 13.0. The molecule has 0 aliphatic carbocycles. The lowest BCUT2D eigenvalue weighted by atomic mass is 9.82. The maximum atomic E-state index is 12.0.